The fourth-order valence-electron chi connectivity index (χ4n) is 5.13. The number of halogens is 4. The molecule has 9 heteroatoms. The fourth-order valence-corrected chi connectivity index (χ4v) is 5.39. The second kappa shape index (κ2) is 11.2. The zero-order valence-corrected chi connectivity index (χ0v) is 21.1. The van der Waals surface area contributed by atoms with Gasteiger partial charge in [0, 0.05) is 29.7 Å². The summed E-state index contributed by atoms with van der Waals surface area (Å²) in [6.45, 7) is 2.02. The molecule has 1 aliphatic rings. The number of aliphatic hydroxyl groups is 1. The molecule has 1 aliphatic heterocycles. The van der Waals surface area contributed by atoms with E-state index in [0.717, 1.165) is 37.8 Å². The molecule has 4 rings (SSSR count). The molecule has 0 aliphatic carbocycles. The smallest absolute Gasteiger partial charge is 0.416 e. The Bertz CT molecular complexity index is 1140. The highest BCUT2D eigenvalue weighted by Crippen LogP contribution is 2.35. The van der Waals surface area contributed by atoms with Crippen molar-refractivity contribution in [2.75, 3.05) is 11.9 Å². The van der Waals surface area contributed by atoms with Crippen LogP contribution in [0.3, 0.4) is 0 Å². The molecule has 1 N–H and O–H groups in total. The first kappa shape index (κ1) is 26.5. The Kier molecular flexibility index (Phi) is 8.27. The molecule has 1 saturated heterocycles. The summed E-state index contributed by atoms with van der Waals surface area (Å²) in [7, 11) is 2.14. The average Bonchev–Trinajstić information content (AvgIpc) is 3.33. The van der Waals surface area contributed by atoms with Gasteiger partial charge >= 0.3 is 6.18 Å². The summed E-state index contributed by atoms with van der Waals surface area (Å²) in [5.41, 5.74) is 1.24. The summed E-state index contributed by atoms with van der Waals surface area (Å²) in [4.78, 5) is 8.76. The van der Waals surface area contributed by atoms with Crippen molar-refractivity contribution in [2.24, 2.45) is 0 Å². The van der Waals surface area contributed by atoms with E-state index in [4.69, 9.17) is 16.0 Å². The quantitative estimate of drug-likeness (QED) is 0.375. The number of hydrogen-bond acceptors (Lipinski definition) is 5. The summed E-state index contributed by atoms with van der Waals surface area (Å²) >= 11 is 6.08. The molecule has 5 nitrogen and oxygen atoms in total. The van der Waals surface area contributed by atoms with Crippen LogP contribution in [-0.2, 0) is 25.7 Å². The van der Waals surface area contributed by atoms with Gasteiger partial charge in [-0.1, -0.05) is 48.9 Å². The Morgan fingerprint density at radius 2 is 1.83 bits per heavy atom. The van der Waals surface area contributed by atoms with Crippen LogP contribution in [0.2, 0.25) is 5.02 Å². The number of oxazole rings is 1. The molecule has 2 unspecified atom stereocenters. The molecular weight excluding hydrogens is 491 g/mol. The normalized spacial score (nSPS) is 21.0. The molecule has 0 radical (unpaired) electrons. The van der Waals surface area contributed by atoms with Crippen LogP contribution in [0.4, 0.5) is 19.2 Å². The lowest BCUT2D eigenvalue weighted by molar-refractivity contribution is -0.137. The van der Waals surface area contributed by atoms with Crippen molar-refractivity contribution in [1.29, 1.82) is 0 Å². The van der Waals surface area contributed by atoms with Crippen LogP contribution >= 0.6 is 11.6 Å². The number of piperidine rings is 1. The minimum absolute atomic E-state index is 0.0278. The lowest BCUT2D eigenvalue weighted by Gasteiger charge is -2.46. The van der Waals surface area contributed by atoms with E-state index in [9.17, 15) is 18.3 Å². The Morgan fingerprint density at radius 3 is 2.47 bits per heavy atom. The standard InChI is InChI=1S/C27H31ClF3N3O2/c1-3-23-13-25(14-24(33(23)2)11-18-7-5-4-6-8-18)34(26-32-22(16-35)17-36-26)15-19-9-20(27(29,30)31)12-21(28)10-19/h4-10,12,17,23-25,35H,3,11,13-16H2,1-2H3/t23?,24?,25-/m0/s1. The molecule has 1 aromatic heterocycles. The Balaban J connectivity index is 1.67. The number of alkyl halides is 3. The van der Waals surface area contributed by atoms with Crippen LogP contribution in [0.1, 0.15) is 48.6 Å². The number of rotatable bonds is 8. The van der Waals surface area contributed by atoms with E-state index in [0.29, 0.717) is 11.3 Å². The van der Waals surface area contributed by atoms with Crippen LogP contribution in [0.15, 0.2) is 59.2 Å². The Hall–Kier alpha value is -2.55. The van der Waals surface area contributed by atoms with Crippen molar-refractivity contribution in [3.8, 4) is 0 Å². The molecule has 3 atom stereocenters. The monoisotopic (exact) mass is 521 g/mol. The first-order valence-electron chi connectivity index (χ1n) is 12.1. The van der Waals surface area contributed by atoms with E-state index >= 15 is 0 Å². The molecule has 2 aromatic carbocycles. The van der Waals surface area contributed by atoms with E-state index in [1.165, 1.54) is 11.8 Å². The van der Waals surface area contributed by atoms with Gasteiger partial charge in [-0.15, -0.1) is 0 Å². The van der Waals surface area contributed by atoms with Gasteiger partial charge in [0.05, 0.1) is 12.2 Å². The number of anilines is 1. The first-order valence-corrected chi connectivity index (χ1v) is 12.5. The second-order valence-electron chi connectivity index (χ2n) is 9.45. The van der Waals surface area contributed by atoms with Crippen LogP contribution in [0, 0.1) is 0 Å². The van der Waals surface area contributed by atoms with E-state index in [1.54, 1.807) is 6.07 Å². The van der Waals surface area contributed by atoms with Gasteiger partial charge in [-0.25, -0.2) is 0 Å². The van der Waals surface area contributed by atoms with Crippen molar-refractivity contribution in [3.63, 3.8) is 0 Å². The SMILES string of the molecule is CCC1C[C@H](N(Cc2cc(Cl)cc(C(F)(F)F)c2)c2nc(CO)co2)CC(Cc2ccccc2)N1C. The molecule has 194 valence electrons. The maximum atomic E-state index is 13.5. The number of aromatic nitrogens is 1. The molecule has 2 heterocycles. The zero-order chi connectivity index (χ0) is 25.9. The lowest BCUT2D eigenvalue weighted by Crippen LogP contribution is -2.54. The van der Waals surface area contributed by atoms with Gasteiger partial charge < -0.3 is 14.4 Å². The van der Waals surface area contributed by atoms with E-state index < -0.39 is 11.7 Å². The van der Waals surface area contributed by atoms with Crippen molar-refractivity contribution in [3.05, 3.63) is 82.2 Å². The van der Waals surface area contributed by atoms with Gasteiger partial charge in [-0.05, 0) is 62.1 Å². The lowest BCUT2D eigenvalue weighted by atomic mass is 9.86. The molecule has 36 heavy (non-hydrogen) atoms. The number of likely N-dealkylation sites (N-methyl/N-ethyl adjacent to an activating group) is 1. The number of likely N-dealkylation sites (tertiary alicyclic amines) is 1. The largest absolute Gasteiger partial charge is 0.432 e. The van der Waals surface area contributed by atoms with Crippen LogP contribution in [-0.4, -0.2) is 40.2 Å². The molecule has 1 fully saturated rings. The predicted octanol–water partition coefficient (Wildman–Crippen LogP) is 6.33. The van der Waals surface area contributed by atoms with E-state index in [1.807, 2.05) is 23.1 Å². The van der Waals surface area contributed by atoms with Crippen molar-refractivity contribution in [1.82, 2.24) is 9.88 Å². The highest BCUT2D eigenvalue weighted by molar-refractivity contribution is 6.30. The summed E-state index contributed by atoms with van der Waals surface area (Å²) in [5, 5.41) is 9.55. The van der Waals surface area contributed by atoms with Crippen molar-refractivity contribution < 1.29 is 22.7 Å². The topological polar surface area (TPSA) is 52.7 Å². The van der Waals surface area contributed by atoms with Crippen LogP contribution < -0.4 is 4.90 Å². The maximum Gasteiger partial charge on any atom is 0.416 e. The van der Waals surface area contributed by atoms with E-state index in [2.05, 4.69) is 36.0 Å². The van der Waals surface area contributed by atoms with Crippen molar-refractivity contribution >= 4 is 17.6 Å². The summed E-state index contributed by atoms with van der Waals surface area (Å²) in [6, 6.07) is 14.7. The third-order valence-corrected chi connectivity index (χ3v) is 7.27. The summed E-state index contributed by atoms with van der Waals surface area (Å²) in [5.74, 6) is 0. The number of nitrogens with zero attached hydrogens (tertiary/aromatic N) is 3. The van der Waals surface area contributed by atoms with Crippen LogP contribution in [0.5, 0.6) is 0 Å². The van der Waals surface area contributed by atoms with Gasteiger partial charge in [-0.3, -0.25) is 4.90 Å². The molecule has 3 aromatic rings. The number of hydrogen-bond donors (Lipinski definition) is 1. The minimum atomic E-state index is -4.50. The molecular formula is C27H31ClF3N3O2. The summed E-state index contributed by atoms with van der Waals surface area (Å²) in [6.07, 6.45) is 0.275. The highest BCUT2D eigenvalue weighted by Gasteiger charge is 2.37. The third-order valence-electron chi connectivity index (χ3n) is 7.05. The minimum Gasteiger partial charge on any atom is -0.432 e. The molecule has 0 saturated carbocycles. The summed E-state index contributed by atoms with van der Waals surface area (Å²) < 4.78 is 46.1. The Morgan fingerprint density at radius 1 is 1.11 bits per heavy atom. The van der Waals surface area contributed by atoms with Crippen molar-refractivity contribution in [2.45, 2.75) is 70.1 Å². The fraction of sp³-hybridized carbons (Fsp3) is 0.444. The molecule has 0 spiro atoms. The van der Waals surface area contributed by atoms with Gasteiger partial charge in [0.1, 0.15) is 12.0 Å². The van der Waals surface area contributed by atoms with Gasteiger partial charge in [0.2, 0.25) is 0 Å². The Labute approximate surface area is 214 Å². The van der Waals surface area contributed by atoms with Gasteiger partial charge in [-0.2, -0.15) is 18.2 Å². The van der Waals surface area contributed by atoms with Gasteiger partial charge in [0.15, 0.2) is 0 Å². The number of aliphatic hydroxyl groups excluding tert-OH is 1. The maximum absolute atomic E-state index is 13.5. The van der Waals surface area contributed by atoms with E-state index in [-0.39, 0.29) is 42.3 Å². The highest BCUT2D eigenvalue weighted by atomic mass is 35.5. The number of benzene rings is 2. The average molecular weight is 522 g/mol. The zero-order valence-electron chi connectivity index (χ0n) is 20.4. The molecule has 0 bridgehead atoms. The van der Waals surface area contributed by atoms with Crippen LogP contribution in [0.25, 0.3) is 0 Å². The van der Waals surface area contributed by atoms with Gasteiger partial charge in [0.25, 0.3) is 6.01 Å². The third kappa shape index (κ3) is 6.22. The predicted molar refractivity (Wildman–Crippen MR) is 134 cm³/mol. The molecule has 0 amide bonds. The second-order valence-corrected chi connectivity index (χ2v) is 9.89. The first-order chi connectivity index (χ1) is 17.2.